The molecule has 98 valence electrons. The molecule has 0 saturated carbocycles. The number of fused-ring (bicyclic) bond motifs is 1. The molecule has 0 saturated heterocycles. The van der Waals surface area contributed by atoms with Crippen LogP contribution in [0, 0.1) is 10.1 Å². The summed E-state index contributed by atoms with van der Waals surface area (Å²) in [7, 11) is 0. The summed E-state index contributed by atoms with van der Waals surface area (Å²) in [6.07, 6.45) is 0. The Labute approximate surface area is 115 Å². The van der Waals surface area contributed by atoms with Crippen LogP contribution in [-0.2, 0) is 0 Å². The van der Waals surface area contributed by atoms with Gasteiger partial charge < -0.3 is 5.11 Å². The fourth-order valence-corrected chi connectivity index (χ4v) is 2.41. The number of nitro groups is 1. The molecule has 0 bridgehead atoms. The third kappa shape index (κ3) is 1.87. The molecule has 0 aromatic heterocycles. The molecule has 0 unspecified atom stereocenters. The van der Waals surface area contributed by atoms with E-state index in [0.717, 1.165) is 5.39 Å². The number of rotatable bonds is 2. The summed E-state index contributed by atoms with van der Waals surface area (Å²) in [5.74, 6) is 0.122. The Hall–Kier alpha value is -2.88. The average Bonchev–Trinajstić information content (AvgIpc) is 2.47. The lowest BCUT2D eigenvalue weighted by atomic mass is 9.96. The molecule has 3 aromatic rings. The normalized spacial score (nSPS) is 10.6. The lowest BCUT2D eigenvalue weighted by Crippen LogP contribution is -1.92. The van der Waals surface area contributed by atoms with Gasteiger partial charge in [-0.15, -0.1) is 0 Å². The quantitative estimate of drug-likeness (QED) is 0.560. The fourth-order valence-electron chi connectivity index (χ4n) is 2.41. The summed E-state index contributed by atoms with van der Waals surface area (Å²) in [5, 5.41) is 22.7. The van der Waals surface area contributed by atoms with Crippen molar-refractivity contribution in [3.05, 3.63) is 70.8 Å². The number of benzene rings is 3. The first-order valence-corrected chi connectivity index (χ1v) is 6.13. The molecule has 0 heterocycles. The number of nitro benzene ring substituents is 1. The highest BCUT2D eigenvalue weighted by molar-refractivity contribution is 6.02. The van der Waals surface area contributed by atoms with E-state index in [-0.39, 0.29) is 11.4 Å². The molecule has 0 aliphatic heterocycles. The van der Waals surface area contributed by atoms with Crippen LogP contribution in [0.5, 0.6) is 5.75 Å². The van der Waals surface area contributed by atoms with E-state index < -0.39 is 4.92 Å². The van der Waals surface area contributed by atoms with Crippen LogP contribution in [0.2, 0.25) is 0 Å². The molecule has 4 heteroatoms. The van der Waals surface area contributed by atoms with Gasteiger partial charge in [0, 0.05) is 17.0 Å². The second-order valence-corrected chi connectivity index (χ2v) is 4.46. The summed E-state index contributed by atoms with van der Waals surface area (Å²) in [6, 6.07) is 17.2. The van der Waals surface area contributed by atoms with Crippen molar-refractivity contribution in [1.29, 1.82) is 0 Å². The van der Waals surface area contributed by atoms with E-state index in [1.165, 1.54) is 6.07 Å². The Morgan fingerprint density at radius 2 is 1.50 bits per heavy atom. The molecule has 1 N–H and O–H groups in total. The number of phenols is 1. The molecular formula is C16H11NO3. The second kappa shape index (κ2) is 4.66. The lowest BCUT2D eigenvalue weighted by molar-refractivity contribution is -0.384. The van der Waals surface area contributed by atoms with Crippen LogP contribution in [0.4, 0.5) is 5.69 Å². The molecule has 0 aliphatic carbocycles. The van der Waals surface area contributed by atoms with Crippen LogP contribution in [0.25, 0.3) is 21.9 Å². The van der Waals surface area contributed by atoms with E-state index in [1.54, 1.807) is 36.4 Å². The van der Waals surface area contributed by atoms with Crippen molar-refractivity contribution in [2.24, 2.45) is 0 Å². The third-order valence-electron chi connectivity index (χ3n) is 3.27. The van der Waals surface area contributed by atoms with Crippen LogP contribution < -0.4 is 0 Å². The third-order valence-corrected chi connectivity index (χ3v) is 3.27. The van der Waals surface area contributed by atoms with Gasteiger partial charge in [-0.2, -0.15) is 0 Å². The molecular weight excluding hydrogens is 254 g/mol. The van der Waals surface area contributed by atoms with E-state index in [1.807, 2.05) is 18.2 Å². The molecule has 3 rings (SSSR count). The van der Waals surface area contributed by atoms with Crippen LogP contribution in [-0.4, -0.2) is 10.0 Å². The number of para-hydroxylation sites is 1. The van der Waals surface area contributed by atoms with E-state index in [2.05, 4.69) is 0 Å². The largest absolute Gasteiger partial charge is 0.507 e. The predicted octanol–water partition coefficient (Wildman–Crippen LogP) is 4.12. The van der Waals surface area contributed by atoms with Gasteiger partial charge in [-0.3, -0.25) is 10.1 Å². The topological polar surface area (TPSA) is 63.4 Å². The molecule has 0 fully saturated rings. The second-order valence-electron chi connectivity index (χ2n) is 4.46. The van der Waals surface area contributed by atoms with Gasteiger partial charge in [0.2, 0.25) is 0 Å². The Bertz CT molecular complexity index is 806. The molecule has 0 spiro atoms. The Balaban J connectivity index is 2.39. The smallest absolute Gasteiger partial charge is 0.277 e. The summed E-state index contributed by atoms with van der Waals surface area (Å²) in [4.78, 5) is 10.8. The number of hydrogen-bond donors (Lipinski definition) is 1. The number of hydrogen-bond acceptors (Lipinski definition) is 3. The van der Waals surface area contributed by atoms with Crippen molar-refractivity contribution < 1.29 is 10.0 Å². The molecule has 0 amide bonds. The van der Waals surface area contributed by atoms with Gasteiger partial charge in [0.05, 0.1) is 10.5 Å². The standard InChI is InChI=1S/C16H11NO3/c18-15-10-4-6-11-5-3-8-13(16(11)15)12-7-1-2-9-14(12)17(19)20/h1-10,18H. The van der Waals surface area contributed by atoms with Gasteiger partial charge in [-0.25, -0.2) is 0 Å². The lowest BCUT2D eigenvalue weighted by Gasteiger charge is -2.09. The predicted molar refractivity (Wildman–Crippen MR) is 77.7 cm³/mol. The van der Waals surface area contributed by atoms with E-state index in [4.69, 9.17) is 0 Å². The van der Waals surface area contributed by atoms with Gasteiger partial charge in [0.25, 0.3) is 5.69 Å². The number of aromatic hydroxyl groups is 1. The number of phenolic OH excluding ortho intramolecular Hbond substituents is 1. The van der Waals surface area contributed by atoms with Gasteiger partial charge in [-0.05, 0) is 17.5 Å². The maximum Gasteiger partial charge on any atom is 0.277 e. The van der Waals surface area contributed by atoms with E-state index in [9.17, 15) is 15.2 Å². The van der Waals surface area contributed by atoms with Crippen LogP contribution >= 0.6 is 0 Å². The zero-order valence-electron chi connectivity index (χ0n) is 10.5. The summed E-state index contributed by atoms with van der Waals surface area (Å²) >= 11 is 0. The molecule has 20 heavy (non-hydrogen) atoms. The summed E-state index contributed by atoms with van der Waals surface area (Å²) in [5.41, 5.74) is 1.20. The minimum atomic E-state index is -0.409. The Morgan fingerprint density at radius 3 is 2.25 bits per heavy atom. The van der Waals surface area contributed by atoms with Gasteiger partial charge in [0.1, 0.15) is 5.75 Å². The van der Waals surface area contributed by atoms with Crippen molar-refractivity contribution in [3.63, 3.8) is 0 Å². The van der Waals surface area contributed by atoms with Crippen molar-refractivity contribution >= 4 is 16.5 Å². The van der Waals surface area contributed by atoms with Crippen LogP contribution in [0.3, 0.4) is 0 Å². The first-order chi connectivity index (χ1) is 9.68. The van der Waals surface area contributed by atoms with Gasteiger partial charge in [0.15, 0.2) is 0 Å². The molecule has 0 radical (unpaired) electrons. The first kappa shape index (κ1) is 12.2. The van der Waals surface area contributed by atoms with Crippen molar-refractivity contribution in [1.82, 2.24) is 0 Å². The first-order valence-electron chi connectivity index (χ1n) is 6.13. The Kier molecular flexibility index (Phi) is 2.84. The zero-order valence-corrected chi connectivity index (χ0v) is 10.5. The molecule has 0 atom stereocenters. The van der Waals surface area contributed by atoms with Crippen LogP contribution in [0.1, 0.15) is 0 Å². The minimum absolute atomic E-state index is 0.0308. The van der Waals surface area contributed by atoms with Crippen molar-refractivity contribution in [2.45, 2.75) is 0 Å². The SMILES string of the molecule is O=[N+]([O-])c1ccccc1-c1cccc2cccc(O)c12. The van der Waals surface area contributed by atoms with Gasteiger partial charge in [-0.1, -0.05) is 42.5 Å². The van der Waals surface area contributed by atoms with Crippen LogP contribution in [0.15, 0.2) is 60.7 Å². The van der Waals surface area contributed by atoms with E-state index in [0.29, 0.717) is 16.5 Å². The maximum absolute atomic E-state index is 11.2. The van der Waals surface area contributed by atoms with Gasteiger partial charge >= 0.3 is 0 Å². The molecule has 4 nitrogen and oxygen atoms in total. The number of nitrogens with zero attached hydrogens (tertiary/aromatic N) is 1. The zero-order chi connectivity index (χ0) is 14.1. The Morgan fingerprint density at radius 1 is 0.850 bits per heavy atom. The fraction of sp³-hybridized carbons (Fsp3) is 0. The highest BCUT2D eigenvalue weighted by Gasteiger charge is 2.17. The van der Waals surface area contributed by atoms with Crippen molar-refractivity contribution in [3.8, 4) is 16.9 Å². The maximum atomic E-state index is 11.2. The average molecular weight is 265 g/mol. The summed E-state index contributed by atoms with van der Waals surface area (Å²) in [6.45, 7) is 0. The minimum Gasteiger partial charge on any atom is -0.507 e. The monoisotopic (exact) mass is 265 g/mol. The molecule has 3 aromatic carbocycles. The van der Waals surface area contributed by atoms with E-state index >= 15 is 0 Å². The highest BCUT2D eigenvalue weighted by atomic mass is 16.6. The van der Waals surface area contributed by atoms with Crippen molar-refractivity contribution in [2.75, 3.05) is 0 Å². The molecule has 0 aliphatic rings. The highest BCUT2D eigenvalue weighted by Crippen LogP contribution is 2.38. The summed E-state index contributed by atoms with van der Waals surface area (Å²) < 4.78 is 0.